The van der Waals surface area contributed by atoms with Crippen molar-refractivity contribution in [2.45, 2.75) is 38.5 Å². The van der Waals surface area contributed by atoms with Crippen molar-refractivity contribution in [2.75, 3.05) is 13.1 Å². The second kappa shape index (κ2) is 6.41. The van der Waals surface area contributed by atoms with Gasteiger partial charge in [0.05, 0.1) is 18.8 Å². The summed E-state index contributed by atoms with van der Waals surface area (Å²) in [5.74, 6) is 0. The Labute approximate surface area is 126 Å². The van der Waals surface area contributed by atoms with Gasteiger partial charge in [-0.15, -0.1) is 0 Å². The van der Waals surface area contributed by atoms with Crippen LogP contribution in [0, 0.1) is 6.92 Å². The van der Waals surface area contributed by atoms with E-state index in [-0.39, 0.29) is 0 Å². The average molecular weight is 285 g/mol. The van der Waals surface area contributed by atoms with E-state index in [0.717, 1.165) is 18.7 Å². The summed E-state index contributed by atoms with van der Waals surface area (Å²) in [4.78, 5) is 2.40. The predicted octanol–water partition coefficient (Wildman–Crippen LogP) is 2.39. The molecule has 1 aliphatic rings. The highest BCUT2D eigenvalue weighted by molar-refractivity contribution is 5.17. The van der Waals surface area contributed by atoms with E-state index >= 15 is 0 Å². The van der Waals surface area contributed by atoms with Gasteiger partial charge in [0.25, 0.3) is 0 Å². The summed E-state index contributed by atoms with van der Waals surface area (Å²) >= 11 is 0. The van der Waals surface area contributed by atoms with Gasteiger partial charge in [-0.2, -0.15) is 5.10 Å². The molecule has 2 aromatic rings. The van der Waals surface area contributed by atoms with Crippen molar-refractivity contribution in [1.82, 2.24) is 14.7 Å². The highest BCUT2D eigenvalue weighted by Crippen LogP contribution is 2.23. The topological polar surface area (TPSA) is 41.3 Å². The predicted molar refractivity (Wildman–Crippen MR) is 83.0 cm³/mol. The maximum Gasteiger partial charge on any atom is 0.0917 e. The van der Waals surface area contributed by atoms with Gasteiger partial charge in [-0.25, -0.2) is 0 Å². The third-order valence-corrected chi connectivity index (χ3v) is 4.25. The summed E-state index contributed by atoms with van der Waals surface area (Å²) < 4.78 is 2.02. The number of benzene rings is 1. The fourth-order valence-corrected chi connectivity index (χ4v) is 3.13. The number of hydrogen-bond donors (Lipinski definition) is 1. The number of nitrogens with zero attached hydrogens (tertiary/aromatic N) is 3. The first kappa shape index (κ1) is 14.3. The Morgan fingerprint density at radius 2 is 2.14 bits per heavy atom. The van der Waals surface area contributed by atoms with E-state index in [1.54, 1.807) is 0 Å². The van der Waals surface area contributed by atoms with Crippen LogP contribution in [0.15, 0.2) is 42.7 Å². The minimum Gasteiger partial charge on any atom is -0.387 e. The lowest BCUT2D eigenvalue weighted by atomic mass is 10.1. The molecule has 2 atom stereocenters. The third-order valence-electron chi connectivity index (χ3n) is 4.25. The number of aliphatic hydroxyl groups is 1. The van der Waals surface area contributed by atoms with E-state index in [4.69, 9.17) is 0 Å². The second-order valence-corrected chi connectivity index (χ2v) is 5.96. The van der Waals surface area contributed by atoms with Gasteiger partial charge < -0.3 is 5.11 Å². The molecule has 1 N–H and O–H groups in total. The molecule has 112 valence electrons. The van der Waals surface area contributed by atoms with Gasteiger partial charge in [-0.3, -0.25) is 9.58 Å². The lowest BCUT2D eigenvalue weighted by Gasteiger charge is -2.27. The Balaban J connectivity index is 1.61. The van der Waals surface area contributed by atoms with E-state index in [0.29, 0.717) is 12.6 Å². The van der Waals surface area contributed by atoms with Crippen LogP contribution in [0.2, 0.25) is 0 Å². The molecule has 0 spiro atoms. The van der Waals surface area contributed by atoms with Gasteiger partial charge in [-0.1, -0.05) is 30.3 Å². The van der Waals surface area contributed by atoms with Gasteiger partial charge in [0.15, 0.2) is 0 Å². The van der Waals surface area contributed by atoms with E-state index in [1.165, 1.54) is 18.4 Å². The average Bonchev–Trinajstić information content (AvgIpc) is 3.10. The molecule has 1 aromatic carbocycles. The Kier molecular flexibility index (Phi) is 4.36. The molecule has 1 aliphatic heterocycles. The molecule has 0 bridgehead atoms. The molecule has 1 saturated heterocycles. The van der Waals surface area contributed by atoms with Gasteiger partial charge in [0.1, 0.15) is 0 Å². The molecule has 0 unspecified atom stereocenters. The molecular formula is C17H23N3O. The van der Waals surface area contributed by atoms with Crippen molar-refractivity contribution in [3.05, 3.63) is 53.9 Å². The first-order valence-corrected chi connectivity index (χ1v) is 7.68. The van der Waals surface area contributed by atoms with E-state index < -0.39 is 6.10 Å². The van der Waals surface area contributed by atoms with Gasteiger partial charge in [-0.05, 0) is 37.4 Å². The number of likely N-dealkylation sites (tertiary alicyclic amines) is 1. The fraction of sp³-hybridized carbons (Fsp3) is 0.471. The quantitative estimate of drug-likeness (QED) is 0.917. The van der Waals surface area contributed by atoms with Gasteiger partial charge >= 0.3 is 0 Å². The molecule has 4 nitrogen and oxygen atoms in total. The van der Waals surface area contributed by atoms with Crippen molar-refractivity contribution < 1.29 is 5.11 Å². The van der Waals surface area contributed by atoms with Crippen LogP contribution >= 0.6 is 0 Å². The standard InChI is InChI=1S/C17H23N3O/c1-14-10-18-20(11-14)12-16-8-5-9-19(16)13-17(21)15-6-3-2-4-7-15/h2-4,6-7,10-11,16-17,21H,5,8-9,12-13H2,1H3/t16-,17-/m1/s1. The normalized spacial score (nSPS) is 20.8. The molecule has 3 rings (SSSR count). The van der Waals surface area contributed by atoms with Crippen molar-refractivity contribution >= 4 is 0 Å². The Bertz CT molecular complexity index is 566. The molecule has 1 aromatic heterocycles. The fourth-order valence-electron chi connectivity index (χ4n) is 3.13. The Morgan fingerprint density at radius 1 is 1.33 bits per heavy atom. The van der Waals surface area contributed by atoms with Crippen molar-refractivity contribution in [2.24, 2.45) is 0 Å². The maximum absolute atomic E-state index is 10.4. The number of hydrogen-bond acceptors (Lipinski definition) is 3. The van der Waals surface area contributed by atoms with E-state index in [9.17, 15) is 5.11 Å². The zero-order valence-electron chi connectivity index (χ0n) is 12.5. The Morgan fingerprint density at radius 3 is 2.86 bits per heavy atom. The highest BCUT2D eigenvalue weighted by Gasteiger charge is 2.27. The lowest BCUT2D eigenvalue weighted by Crippen LogP contribution is -2.36. The first-order chi connectivity index (χ1) is 10.2. The van der Waals surface area contributed by atoms with Crippen molar-refractivity contribution in [3.8, 4) is 0 Å². The summed E-state index contributed by atoms with van der Waals surface area (Å²) in [6.07, 6.45) is 5.96. The molecule has 2 heterocycles. The smallest absolute Gasteiger partial charge is 0.0917 e. The van der Waals surface area contributed by atoms with Gasteiger partial charge in [0, 0.05) is 18.8 Å². The zero-order chi connectivity index (χ0) is 14.7. The van der Waals surface area contributed by atoms with E-state index in [1.807, 2.05) is 41.2 Å². The third kappa shape index (κ3) is 3.52. The van der Waals surface area contributed by atoms with Crippen LogP contribution in [0.3, 0.4) is 0 Å². The molecule has 0 aliphatic carbocycles. The molecule has 0 amide bonds. The second-order valence-electron chi connectivity index (χ2n) is 5.96. The van der Waals surface area contributed by atoms with Crippen LogP contribution in [0.5, 0.6) is 0 Å². The highest BCUT2D eigenvalue weighted by atomic mass is 16.3. The lowest BCUT2D eigenvalue weighted by molar-refractivity contribution is 0.100. The van der Waals surface area contributed by atoms with Crippen LogP contribution < -0.4 is 0 Å². The summed E-state index contributed by atoms with van der Waals surface area (Å²) in [6.45, 7) is 4.74. The summed E-state index contributed by atoms with van der Waals surface area (Å²) in [7, 11) is 0. The maximum atomic E-state index is 10.4. The minimum atomic E-state index is -0.411. The van der Waals surface area contributed by atoms with Crippen molar-refractivity contribution in [3.63, 3.8) is 0 Å². The molecule has 1 fully saturated rings. The number of aliphatic hydroxyl groups excluding tert-OH is 1. The SMILES string of the molecule is Cc1cnn(C[C@H]2CCCN2C[C@@H](O)c2ccccc2)c1. The number of aryl methyl sites for hydroxylation is 1. The monoisotopic (exact) mass is 285 g/mol. The van der Waals surface area contributed by atoms with Crippen LogP contribution in [0.1, 0.15) is 30.1 Å². The Hall–Kier alpha value is -1.65. The minimum absolute atomic E-state index is 0.411. The van der Waals surface area contributed by atoms with Crippen LogP contribution in [0.4, 0.5) is 0 Å². The van der Waals surface area contributed by atoms with Crippen LogP contribution in [0.25, 0.3) is 0 Å². The molecule has 4 heteroatoms. The molecule has 0 saturated carbocycles. The summed E-state index contributed by atoms with van der Waals surface area (Å²) in [5.41, 5.74) is 2.20. The summed E-state index contributed by atoms with van der Waals surface area (Å²) in [5, 5.41) is 14.8. The first-order valence-electron chi connectivity index (χ1n) is 7.68. The number of β-amino-alcohol motifs (C(OH)–C–C–N with tert-alkyl or cyclic N) is 1. The largest absolute Gasteiger partial charge is 0.387 e. The van der Waals surface area contributed by atoms with Crippen LogP contribution in [-0.2, 0) is 6.54 Å². The molecular weight excluding hydrogens is 262 g/mol. The number of aromatic nitrogens is 2. The number of rotatable bonds is 5. The molecule has 21 heavy (non-hydrogen) atoms. The van der Waals surface area contributed by atoms with E-state index in [2.05, 4.69) is 23.1 Å². The van der Waals surface area contributed by atoms with Crippen LogP contribution in [-0.4, -0.2) is 38.9 Å². The van der Waals surface area contributed by atoms with Gasteiger partial charge in [0.2, 0.25) is 0 Å². The van der Waals surface area contributed by atoms with Crippen molar-refractivity contribution in [1.29, 1.82) is 0 Å². The zero-order valence-corrected chi connectivity index (χ0v) is 12.5. The molecule has 0 radical (unpaired) electrons. The summed E-state index contributed by atoms with van der Waals surface area (Å²) in [6, 6.07) is 10.4.